The Kier molecular flexibility index (Phi) is 5.03. The van der Waals surface area contributed by atoms with Crippen molar-refractivity contribution in [2.24, 2.45) is 5.92 Å². The molecule has 0 unspecified atom stereocenters. The van der Waals surface area contributed by atoms with E-state index in [0.717, 1.165) is 21.0 Å². The Labute approximate surface area is 188 Å². The molecule has 3 aromatic rings. The van der Waals surface area contributed by atoms with Gasteiger partial charge in [0.2, 0.25) is 5.91 Å². The van der Waals surface area contributed by atoms with E-state index in [2.05, 4.69) is 0 Å². The lowest BCUT2D eigenvalue weighted by Gasteiger charge is -2.29. The first-order chi connectivity index (χ1) is 15.5. The van der Waals surface area contributed by atoms with Crippen LogP contribution in [-0.2, 0) is 19.2 Å². The Hall–Kier alpha value is -3.49. The van der Waals surface area contributed by atoms with Crippen LogP contribution in [0.2, 0.25) is 0 Å². The van der Waals surface area contributed by atoms with Crippen molar-refractivity contribution in [1.82, 2.24) is 0 Å². The molecule has 5 rings (SSSR count). The molecule has 7 nitrogen and oxygen atoms in total. The Morgan fingerprint density at radius 3 is 2.41 bits per heavy atom. The minimum atomic E-state index is -0.922. The largest absolute Gasteiger partial charge is 0.465 e. The van der Waals surface area contributed by atoms with Crippen molar-refractivity contribution in [3.63, 3.8) is 0 Å². The second-order valence-corrected chi connectivity index (χ2v) is 8.65. The highest BCUT2D eigenvalue weighted by atomic mass is 32.1. The second kappa shape index (κ2) is 7.89. The molecule has 2 amide bonds. The second-order valence-electron chi connectivity index (χ2n) is 7.67. The van der Waals surface area contributed by atoms with Gasteiger partial charge in [0.25, 0.3) is 5.91 Å². The number of carbonyl (C=O) groups is 3. The zero-order valence-corrected chi connectivity index (χ0v) is 18.2. The SMILES string of the molecule is COC(=O)c1ccc(N2C(=O)[C@H]3[C@@H](c4cccs4)N(c4ccccc4C)O[C@H]3C2=O)cc1. The maximum atomic E-state index is 13.6. The molecule has 32 heavy (non-hydrogen) atoms. The maximum Gasteiger partial charge on any atom is 0.337 e. The van der Waals surface area contributed by atoms with Gasteiger partial charge in [-0.3, -0.25) is 14.4 Å². The molecule has 0 saturated carbocycles. The molecule has 2 saturated heterocycles. The van der Waals surface area contributed by atoms with Gasteiger partial charge in [-0.05, 0) is 54.3 Å². The number of benzene rings is 2. The summed E-state index contributed by atoms with van der Waals surface area (Å²) < 4.78 is 4.71. The molecular formula is C24H20N2O5S. The predicted molar refractivity (Wildman–Crippen MR) is 119 cm³/mol. The summed E-state index contributed by atoms with van der Waals surface area (Å²) in [5, 5.41) is 3.66. The standard InChI is InChI=1S/C24H20N2O5S/c1-14-6-3-4-7-17(14)26-20(18-8-5-13-32-18)19-21(31-26)23(28)25(22(19)27)16-11-9-15(10-12-16)24(29)30-2/h3-13,19-21H,1-2H3/t19-,20+,21+/m0/s1. The third kappa shape index (κ3) is 3.11. The molecule has 2 aliphatic rings. The van der Waals surface area contributed by atoms with E-state index in [1.165, 1.54) is 30.6 Å². The molecule has 3 heterocycles. The van der Waals surface area contributed by atoms with Crippen LogP contribution in [-0.4, -0.2) is 31.0 Å². The Balaban J connectivity index is 1.52. The minimum absolute atomic E-state index is 0.319. The van der Waals surface area contributed by atoms with E-state index in [4.69, 9.17) is 9.57 Å². The number of thiophene rings is 1. The zero-order valence-electron chi connectivity index (χ0n) is 17.4. The van der Waals surface area contributed by atoms with Gasteiger partial charge in [-0.15, -0.1) is 11.3 Å². The fourth-order valence-electron chi connectivity index (χ4n) is 4.30. The quantitative estimate of drug-likeness (QED) is 0.445. The number of carbonyl (C=O) groups excluding carboxylic acids is 3. The zero-order chi connectivity index (χ0) is 22.4. The summed E-state index contributed by atoms with van der Waals surface area (Å²) in [6.07, 6.45) is -0.922. The van der Waals surface area contributed by atoms with Gasteiger partial charge in [0.15, 0.2) is 6.10 Å². The number of rotatable bonds is 4. The predicted octanol–water partition coefficient (Wildman–Crippen LogP) is 3.89. The van der Waals surface area contributed by atoms with E-state index in [1.54, 1.807) is 17.2 Å². The van der Waals surface area contributed by atoms with Crippen molar-refractivity contribution >= 4 is 40.5 Å². The van der Waals surface area contributed by atoms with Gasteiger partial charge >= 0.3 is 5.97 Å². The Morgan fingerprint density at radius 1 is 1.00 bits per heavy atom. The fraction of sp³-hybridized carbons (Fsp3) is 0.208. The molecule has 0 bridgehead atoms. The van der Waals surface area contributed by atoms with Crippen LogP contribution in [0.4, 0.5) is 11.4 Å². The lowest BCUT2D eigenvalue weighted by molar-refractivity contribution is -0.126. The number of aryl methyl sites for hydroxylation is 1. The summed E-state index contributed by atoms with van der Waals surface area (Å²) in [6, 6.07) is 17.4. The first kappa shape index (κ1) is 20.4. The number of hydrogen-bond donors (Lipinski definition) is 0. The number of amides is 2. The van der Waals surface area contributed by atoms with Gasteiger partial charge in [-0.2, -0.15) is 0 Å². The summed E-state index contributed by atoms with van der Waals surface area (Å²) in [5.41, 5.74) is 2.56. The molecule has 2 aromatic carbocycles. The number of esters is 1. The molecule has 0 radical (unpaired) electrons. The van der Waals surface area contributed by atoms with Crippen molar-refractivity contribution in [2.75, 3.05) is 17.1 Å². The first-order valence-electron chi connectivity index (χ1n) is 10.1. The van der Waals surface area contributed by atoms with Crippen LogP contribution in [0.25, 0.3) is 0 Å². The van der Waals surface area contributed by atoms with Crippen LogP contribution in [0.1, 0.15) is 26.8 Å². The van der Waals surface area contributed by atoms with E-state index in [1.807, 2.05) is 48.7 Å². The Morgan fingerprint density at radius 2 is 1.75 bits per heavy atom. The average molecular weight is 449 g/mol. The summed E-state index contributed by atoms with van der Waals surface area (Å²) in [4.78, 5) is 46.8. The van der Waals surface area contributed by atoms with E-state index < -0.39 is 29.9 Å². The monoisotopic (exact) mass is 448 g/mol. The van der Waals surface area contributed by atoms with Crippen LogP contribution in [0, 0.1) is 12.8 Å². The molecule has 2 aliphatic heterocycles. The third-order valence-corrected chi connectivity index (χ3v) is 6.79. The van der Waals surface area contributed by atoms with Crippen molar-refractivity contribution in [2.45, 2.75) is 19.1 Å². The molecule has 3 atom stereocenters. The number of methoxy groups -OCH3 is 1. The summed E-state index contributed by atoms with van der Waals surface area (Å²) in [7, 11) is 1.30. The van der Waals surface area contributed by atoms with E-state index >= 15 is 0 Å². The van der Waals surface area contributed by atoms with Gasteiger partial charge in [0.05, 0.1) is 24.0 Å². The number of nitrogens with zero attached hydrogens (tertiary/aromatic N) is 2. The molecule has 8 heteroatoms. The highest BCUT2D eigenvalue weighted by Crippen LogP contribution is 2.49. The maximum absolute atomic E-state index is 13.6. The van der Waals surface area contributed by atoms with Crippen LogP contribution in [0.15, 0.2) is 66.0 Å². The Bertz CT molecular complexity index is 1190. The van der Waals surface area contributed by atoms with Gasteiger partial charge in [-0.25, -0.2) is 14.8 Å². The van der Waals surface area contributed by atoms with Crippen molar-refractivity contribution < 1.29 is 24.0 Å². The first-order valence-corrected chi connectivity index (χ1v) is 11.0. The molecule has 0 N–H and O–H groups in total. The molecular weight excluding hydrogens is 428 g/mol. The number of hydrogen-bond acceptors (Lipinski definition) is 7. The number of fused-ring (bicyclic) bond motifs is 1. The molecule has 1 aromatic heterocycles. The number of ether oxygens (including phenoxy) is 1. The molecule has 162 valence electrons. The summed E-state index contributed by atoms with van der Waals surface area (Å²) in [6.45, 7) is 1.97. The lowest BCUT2D eigenvalue weighted by Crippen LogP contribution is -2.37. The smallest absolute Gasteiger partial charge is 0.337 e. The normalized spacial score (nSPS) is 22.4. The minimum Gasteiger partial charge on any atom is -0.465 e. The third-order valence-electron chi connectivity index (χ3n) is 5.85. The van der Waals surface area contributed by atoms with E-state index in [9.17, 15) is 14.4 Å². The van der Waals surface area contributed by atoms with Crippen LogP contribution in [0.5, 0.6) is 0 Å². The van der Waals surface area contributed by atoms with Gasteiger partial charge < -0.3 is 4.74 Å². The highest BCUT2D eigenvalue weighted by molar-refractivity contribution is 7.10. The van der Waals surface area contributed by atoms with Gasteiger partial charge in [-0.1, -0.05) is 24.3 Å². The fourth-order valence-corrected chi connectivity index (χ4v) is 5.15. The lowest BCUT2D eigenvalue weighted by atomic mass is 9.95. The topological polar surface area (TPSA) is 76.2 Å². The van der Waals surface area contributed by atoms with Crippen LogP contribution in [0.3, 0.4) is 0 Å². The number of imide groups is 1. The van der Waals surface area contributed by atoms with Gasteiger partial charge in [0.1, 0.15) is 12.0 Å². The number of para-hydroxylation sites is 1. The summed E-state index contributed by atoms with van der Waals surface area (Å²) in [5.74, 6) is -1.90. The molecule has 0 spiro atoms. The molecule has 0 aliphatic carbocycles. The van der Waals surface area contributed by atoms with Crippen molar-refractivity contribution in [3.8, 4) is 0 Å². The summed E-state index contributed by atoms with van der Waals surface area (Å²) >= 11 is 1.53. The van der Waals surface area contributed by atoms with Gasteiger partial charge in [0, 0.05) is 4.88 Å². The number of hydroxylamine groups is 1. The number of anilines is 2. The van der Waals surface area contributed by atoms with E-state index in [0.29, 0.717) is 11.3 Å². The molecule has 2 fully saturated rings. The van der Waals surface area contributed by atoms with Crippen LogP contribution >= 0.6 is 11.3 Å². The van der Waals surface area contributed by atoms with E-state index in [-0.39, 0.29) is 5.91 Å². The van der Waals surface area contributed by atoms with Crippen molar-refractivity contribution in [1.29, 1.82) is 0 Å². The average Bonchev–Trinajstić information content (AvgIpc) is 3.51. The highest BCUT2D eigenvalue weighted by Gasteiger charge is 2.60. The van der Waals surface area contributed by atoms with Crippen molar-refractivity contribution in [3.05, 3.63) is 82.0 Å². The van der Waals surface area contributed by atoms with Crippen LogP contribution < -0.4 is 9.96 Å².